The third-order valence-electron chi connectivity index (χ3n) is 3.50. The van der Waals surface area contributed by atoms with E-state index in [0.29, 0.717) is 10.8 Å². The highest BCUT2D eigenvalue weighted by Crippen LogP contribution is 2.28. The number of anilines is 1. The molecule has 0 aromatic carbocycles. The van der Waals surface area contributed by atoms with Crippen LogP contribution in [-0.4, -0.2) is 23.0 Å². The fourth-order valence-corrected chi connectivity index (χ4v) is 2.83. The Bertz CT molecular complexity index is 476. The minimum atomic E-state index is -0.548. The molecular weight excluding hydrogens is 285 g/mol. The molecule has 1 unspecified atom stereocenters. The maximum atomic E-state index is 12.4. The summed E-state index contributed by atoms with van der Waals surface area (Å²) in [6.45, 7) is 4.61. The monoisotopic (exact) mass is 301 g/mol. The van der Waals surface area contributed by atoms with Crippen molar-refractivity contribution in [1.82, 2.24) is 10.3 Å². The average Bonchev–Trinajstić information content (AvgIpc) is 2.34. The molecule has 0 radical (unpaired) electrons. The molecule has 104 valence electrons. The molecule has 6 heteroatoms. The molecule has 2 rings (SSSR count). The molecule has 4 nitrogen and oxygen atoms in total. The van der Waals surface area contributed by atoms with Crippen LogP contribution in [0.4, 0.5) is 5.69 Å². The number of rotatable bonds is 2. The molecule has 1 aliphatic heterocycles. The predicted octanol–water partition coefficient (Wildman–Crippen LogP) is 3.17. The number of carbonyl (C=O) groups is 1. The molecule has 0 aliphatic carbocycles. The lowest BCUT2D eigenvalue weighted by molar-refractivity contribution is -0.122. The summed E-state index contributed by atoms with van der Waals surface area (Å²) in [5, 5.41) is 6.67. The summed E-state index contributed by atoms with van der Waals surface area (Å²) < 4.78 is 0. The highest BCUT2D eigenvalue weighted by Gasteiger charge is 2.34. The summed E-state index contributed by atoms with van der Waals surface area (Å²) >= 11 is 11.8. The van der Waals surface area contributed by atoms with E-state index in [1.807, 2.05) is 13.8 Å². The molecule has 2 heterocycles. The zero-order valence-electron chi connectivity index (χ0n) is 11.0. The van der Waals surface area contributed by atoms with E-state index in [4.69, 9.17) is 23.2 Å². The van der Waals surface area contributed by atoms with Gasteiger partial charge in [-0.15, -0.1) is 0 Å². The fourth-order valence-electron chi connectivity index (χ4n) is 2.25. The van der Waals surface area contributed by atoms with Crippen LogP contribution in [0.2, 0.25) is 10.3 Å². The molecule has 1 fully saturated rings. The van der Waals surface area contributed by atoms with Crippen molar-refractivity contribution >= 4 is 34.8 Å². The summed E-state index contributed by atoms with van der Waals surface area (Å²) in [6.07, 6.45) is 2.96. The Balaban J connectivity index is 2.19. The summed E-state index contributed by atoms with van der Waals surface area (Å²) in [5.41, 5.74) is 0.788. The van der Waals surface area contributed by atoms with Gasteiger partial charge in [-0.25, -0.2) is 4.98 Å². The zero-order chi connectivity index (χ0) is 14.0. The highest BCUT2D eigenvalue weighted by molar-refractivity contribution is 6.34. The van der Waals surface area contributed by atoms with E-state index in [0.717, 1.165) is 31.4 Å². The number of hydrogen-bond donors (Lipinski definition) is 2. The number of nitrogens with zero attached hydrogens (tertiary/aromatic N) is 1. The maximum absolute atomic E-state index is 12.4. The normalized spacial score (nSPS) is 23.2. The van der Waals surface area contributed by atoms with Crippen LogP contribution in [0.5, 0.6) is 0 Å². The molecule has 1 saturated heterocycles. The van der Waals surface area contributed by atoms with Gasteiger partial charge in [-0.2, -0.15) is 0 Å². The Labute approximate surface area is 122 Å². The molecular formula is C13H17Cl2N3O. The van der Waals surface area contributed by atoms with E-state index in [2.05, 4.69) is 15.6 Å². The third kappa shape index (κ3) is 3.19. The van der Waals surface area contributed by atoms with E-state index in [1.54, 1.807) is 6.07 Å². The van der Waals surface area contributed by atoms with Gasteiger partial charge in [0.1, 0.15) is 5.15 Å². The molecule has 1 aromatic heterocycles. The zero-order valence-corrected chi connectivity index (χ0v) is 12.5. The second-order valence-electron chi connectivity index (χ2n) is 5.10. The minimum Gasteiger partial charge on any atom is -0.322 e. The minimum absolute atomic E-state index is 0.0821. The van der Waals surface area contributed by atoms with Gasteiger partial charge in [0.15, 0.2) is 5.15 Å². The molecule has 19 heavy (non-hydrogen) atoms. The topological polar surface area (TPSA) is 54.0 Å². The van der Waals surface area contributed by atoms with Crippen molar-refractivity contribution in [2.75, 3.05) is 11.9 Å². The van der Waals surface area contributed by atoms with Crippen molar-refractivity contribution in [2.45, 2.75) is 38.6 Å². The van der Waals surface area contributed by atoms with Gasteiger partial charge >= 0.3 is 0 Å². The smallest absolute Gasteiger partial charge is 0.244 e. The number of halogens is 2. The van der Waals surface area contributed by atoms with Gasteiger partial charge in [0, 0.05) is 0 Å². The number of pyridine rings is 1. The van der Waals surface area contributed by atoms with E-state index in [-0.39, 0.29) is 11.1 Å². The number of hydrogen-bond acceptors (Lipinski definition) is 3. The molecule has 1 aliphatic rings. The predicted molar refractivity (Wildman–Crippen MR) is 77.9 cm³/mol. The van der Waals surface area contributed by atoms with Crippen LogP contribution in [0.3, 0.4) is 0 Å². The molecule has 1 atom stereocenters. The van der Waals surface area contributed by atoms with Crippen LogP contribution >= 0.6 is 23.2 Å². The van der Waals surface area contributed by atoms with Crippen molar-refractivity contribution in [3.05, 3.63) is 21.9 Å². The van der Waals surface area contributed by atoms with Gasteiger partial charge in [-0.1, -0.05) is 23.2 Å². The molecule has 0 spiro atoms. The molecule has 1 amide bonds. The van der Waals surface area contributed by atoms with Crippen LogP contribution in [-0.2, 0) is 4.79 Å². The van der Waals surface area contributed by atoms with Crippen LogP contribution in [0.25, 0.3) is 0 Å². The Morgan fingerprint density at radius 1 is 1.47 bits per heavy atom. The van der Waals surface area contributed by atoms with Gasteiger partial charge in [-0.3, -0.25) is 4.79 Å². The van der Waals surface area contributed by atoms with E-state index >= 15 is 0 Å². The summed E-state index contributed by atoms with van der Waals surface area (Å²) in [4.78, 5) is 16.3. The van der Waals surface area contributed by atoms with Crippen LogP contribution in [0.1, 0.15) is 31.7 Å². The molecule has 2 N–H and O–H groups in total. The average molecular weight is 302 g/mol. The largest absolute Gasteiger partial charge is 0.322 e. The first kappa shape index (κ1) is 14.6. The fraction of sp³-hybridized carbons (Fsp3) is 0.538. The Morgan fingerprint density at radius 3 is 2.79 bits per heavy atom. The number of aryl methyl sites for hydroxylation is 1. The first-order valence-electron chi connectivity index (χ1n) is 6.31. The number of amides is 1. The second-order valence-corrected chi connectivity index (χ2v) is 5.84. The van der Waals surface area contributed by atoms with Crippen molar-refractivity contribution in [1.29, 1.82) is 0 Å². The van der Waals surface area contributed by atoms with Gasteiger partial charge < -0.3 is 10.6 Å². The van der Waals surface area contributed by atoms with Crippen LogP contribution < -0.4 is 10.6 Å². The van der Waals surface area contributed by atoms with Gasteiger partial charge in [0.2, 0.25) is 5.91 Å². The Kier molecular flexibility index (Phi) is 4.33. The highest BCUT2D eigenvalue weighted by atomic mass is 35.5. The van der Waals surface area contributed by atoms with Crippen LogP contribution in [0.15, 0.2) is 6.07 Å². The molecule has 0 saturated carbocycles. The summed E-state index contributed by atoms with van der Waals surface area (Å²) in [5.74, 6) is -0.0821. The van der Waals surface area contributed by atoms with Crippen LogP contribution in [0, 0.1) is 6.92 Å². The van der Waals surface area contributed by atoms with E-state index in [1.165, 1.54) is 0 Å². The molecule has 1 aromatic rings. The van der Waals surface area contributed by atoms with E-state index in [9.17, 15) is 4.79 Å². The third-order valence-corrected chi connectivity index (χ3v) is 3.97. The van der Waals surface area contributed by atoms with Crippen molar-refractivity contribution in [2.24, 2.45) is 0 Å². The second kappa shape index (κ2) is 5.65. The number of carbonyl (C=O) groups excluding carboxylic acids is 1. The van der Waals surface area contributed by atoms with Gasteiger partial charge in [0.05, 0.1) is 11.2 Å². The van der Waals surface area contributed by atoms with E-state index < -0.39 is 5.54 Å². The lowest BCUT2D eigenvalue weighted by atomic mass is 9.90. The number of nitrogens with one attached hydrogen (secondary N) is 2. The first-order valence-corrected chi connectivity index (χ1v) is 7.07. The Morgan fingerprint density at radius 2 is 2.21 bits per heavy atom. The first-order chi connectivity index (χ1) is 8.92. The summed E-state index contributed by atoms with van der Waals surface area (Å²) in [6, 6.07) is 1.68. The number of piperidine rings is 1. The van der Waals surface area contributed by atoms with Crippen molar-refractivity contribution < 1.29 is 4.79 Å². The quantitative estimate of drug-likeness (QED) is 0.825. The maximum Gasteiger partial charge on any atom is 0.244 e. The lowest BCUT2D eigenvalue weighted by Crippen LogP contribution is -2.54. The molecule has 0 bridgehead atoms. The van der Waals surface area contributed by atoms with Crippen molar-refractivity contribution in [3.8, 4) is 0 Å². The van der Waals surface area contributed by atoms with Crippen molar-refractivity contribution in [3.63, 3.8) is 0 Å². The Hall–Kier alpha value is -0.840. The van der Waals surface area contributed by atoms with Gasteiger partial charge in [0.25, 0.3) is 0 Å². The number of aromatic nitrogens is 1. The lowest BCUT2D eigenvalue weighted by Gasteiger charge is -2.33. The standard InChI is InChI=1S/C13H17Cl2N3O/c1-8-7-9(14)17-11(15)10(8)18-12(19)13(2)5-3-4-6-16-13/h7,16H,3-6H2,1-2H3,(H,18,19). The summed E-state index contributed by atoms with van der Waals surface area (Å²) in [7, 11) is 0. The SMILES string of the molecule is Cc1cc(Cl)nc(Cl)c1NC(=O)C1(C)CCCCN1. The van der Waals surface area contributed by atoms with Gasteiger partial charge in [-0.05, 0) is 51.3 Å².